The third-order valence-electron chi connectivity index (χ3n) is 14.5. The zero-order valence-electron chi connectivity index (χ0n) is 38.0. The average Bonchev–Trinajstić information content (AvgIpc) is 3.70. The van der Waals surface area contributed by atoms with Crippen LogP contribution in [-0.4, -0.2) is 85.7 Å². The lowest BCUT2D eigenvalue weighted by atomic mass is 9.78. The molecule has 2 heterocycles. The van der Waals surface area contributed by atoms with E-state index in [0.717, 1.165) is 21.0 Å². The van der Waals surface area contributed by atoms with E-state index in [2.05, 4.69) is 98.0 Å². The smallest absolute Gasteiger partial charge is 0.328 e. The molecule has 0 N–H and O–H groups in total. The number of rotatable bonds is 15. The van der Waals surface area contributed by atoms with Gasteiger partial charge in [-0.3, -0.25) is 14.5 Å². The topological polar surface area (TPSA) is 114 Å². The van der Waals surface area contributed by atoms with Crippen molar-refractivity contribution in [2.45, 2.75) is 137 Å². The molecular formula is C47H66IN3O7SSi2. The lowest BCUT2D eigenvalue weighted by Crippen LogP contribution is -2.63. The van der Waals surface area contributed by atoms with Crippen LogP contribution in [0.2, 0.25) is 34.8 Å². The Morgan fingerprint density at radius 1 is 0.754 bits per heavy atom. The van der Waals surface area contributed by atoms with E-state index in [0.29, 0.717) is 0 Å². The van der Waals surface area contributed by atoms with Gasteiger partial charge in [-0.25, -0.2) is 17.5 Å². The molecule has 2 aliphatic heterocycles. The van der Waals surface area contributed by atoms with Crippen LogP contribution < -0.4 is 0 Å². The van der Waals surface area contributed by atoms with E-state index in [4.69, 9.17) is 8.85 Å². The van der Waals surface area contributed by atoms with E-state index in [9.17, 15) is 0 Å². The van der Waals surface area contributed by atoms with Gasteiger partial charge in [-0.1, -0.05) is 163 Å². The molecule has 0 radical (unpaired) electrons. The maximum Gasteiger partial charge on any atom is 0.328 e. The first-order valence-corrected chi connectivity index (χ1v) is 29.5. The highest BCUT2D eigenvalue weighted by atomic mass is 127. The summed E-state index contributed by atoms with van der Waals surface area (Å²) < 4.78 is 45.2. The number of alkyl halides is 1. The van der Waals surface area contributed by atoms with Crippen molar-refractivity contribution < 1.29 is 31.7 Å². The van der Waals surface area contributed by atoms with E-state index in [-0.39, 0.29) is 52.9 Å². The lowest BCUT2D eigenvalue weighted by molar-refractivity contribution is -0.136. The summed E-state index contributed by atoms with van der Waals surface area (Å²) in [7, 11) is -9.62. The Labute approximate surface area is 380 Å². The zero-order chi connectivity index (χ0) is 45.0. The van der Waals surface area contributed by atoms with Crippen molar-refractivity contribution in [3.63, 3.8) is 0 Å². The Morgan fingerprint density at radius 2 is 1.26 bits per heavy atom. The first-order chi connectivity index (χ1) is 28.5. The second-order valence-electron chi connectivity index (χ2n) is 19.9. The summed E-state index contributed by atoms with van der Waals surface area (Å²) in [5, 5.41) is -0.163. The average molecular weight is 1000 g/mol. The van der Waals surface area contributed by atoms with Crippen molar-refractivity contribution in [2.24, 2.45) is 17.8 Å². The fourth-order valence-electron chi connectivity index (χ4n) is 10.5. The monoisotopic (exact) mass is 999 g/mol. The molecule has 14 heteroatoms. The summed E-state index contributed by atoms with van der Waals surface area (Å²) >= 11 is 2.31. The predicted molar refractivity (Wildman–Crippen MR) is 255 cm³/mol. The Kier molecular flexibility index (Phi) is 13.7. The molecule has 1 saturated carbocycles. The number of fused-ring (bicyclic) bond motifs is 2. The molecule has 6 atom stereocenters. The second-order valence-corrected chi connectivity index (χ2v) is 33.3. The summed E-state index contributed by atoms with van der Waals surface area (Å²) in [5.74, 6) is -3.53. The van der Waals surface area contributed by atoms with E-state index >= 15 is 22.8 Å². The number of sulfonamides is 1. The van der Waals surface area contributed by atoms with Crippen molar-refractivity contribution in [3.05, 3.63) is 102 Å². The first kappa shape index (κ1) is 47.6. The molecular weight excluding hydrogens is 934 g/mol. The van der Waals surface area contributed by atoms with Gasteiger partial charge < -0.3 is 13.8 Å². The number of urea groups is 1. The number of aryl methyl sites for hydroxylation is 1. The number of halogens is 1. The van der Waals surface area contributed by atoms with Gasteiger partial charge in [0, 0.05) is 28.9 Å². The Balaban J connectivity index is 1.63. The van der Waals surface area contributed by atoms with Gasteiger partial charge in [-0.2, -0.15) is 0 Å². The van der Waals surface area contributed by atoms with Gasteiger partial charge in [-0.15, -0.1) is 0 Å². The summed E-state index contributed by atoms with van der Waals surface area (Å²) in [6.45, 7) is 25.8. The van der Waals surface area contributed by atoms with E-state index in [1.165, 1.54) is 4.90 Å². The molecule has 3 aromatic rings. The Hall–Kier alpha value is -2.90. The highest BCUT2D eigenvalue weighted by Crippen LogP contribution is 2.62. The standard InChI is InChI=1S/C47H66IN3O7SSi2/c1-31(2)61(32(3)4,33(5)6)58-30-39-41-40(43(52)51(39)59(55,56)37-25-23-34(7)24-26-37)38(29-57-60(11,12)46(8,9)10)42(48)47(41)44(53)49(27-35-19-15-13-16-20-35)45(54)50(47)28-36-21-17-14-18-22-36/h13-26,31-33,38-42H,27-30H2,1-12H3/t38-,39+,40+,41+,42+,47+/m0/s1. The third-order valence-corrected chi connectivity index (χ3v) is 28.8. The van der Waals surface area contributed by atoms with Gasteiger partial charge in [0.2, 0.25) is 5.91 Å². The minimum Gasteiger partial charge on any atom is -0.416 e. The molecule has 4 amide bonds. The molecule has 3 aromatic carbocycles. The number of hydrogen-bond acceptors (Lipinski definition) is 7. The summed E-state index contributed by atoms with van der Waals surface area (Å²) in [5.41, 5.74) is 1.33. The molecule has 0 aromatic heterocycles. The van der Waals surface area contributed by atoms with Crippen LogP contribution in [0.1, 0.15) is 79.0 Å². The molecule has 2 saturated heterocycles. The van der Waals surface area contributed by atoms with Gasteiger partial charge in [0.05, 0.1) is 30.0 Å². The number of carbonyl (C=O) groups excluding carboxylic acids is 3. The van der Waals surface area contributed by atoms with Crippen molar-refractivity contribution in [1.82, 2.24) is 14.1 Å². The minimum atomic E-state index is -4.49. The molecule has 10 nitrogen and oxygen atoms in total. The van der Waals surface area contributed by atoms with Gasteiger partial charge in [0.1, 0.15) is 5.54 Å². The lowest BCUT2D eigenvalue weighted by Gasteiger charge is -2.46. The van der Waals surface area contributed by atoms with Gasteiger partial charge >= 0.3 is 6.03 Å². The normalized spacial score (nSPS) is 25.0. The SMILES string of the molecule is Cc1ccc(S(=O)(=O)N2C(=O)[C@@H]3[C@H](CO[Si](C)(C)C(C)(C)C)[C@@H](I)[C@@]4(C(=O)N(Cc5ccccc5)C(=O)N4Cc4ccccc4)[C@@H]3[C@H]2CO[Si](C(C)C)(C(C)C)C(C)C)cc1. The zero-order valence-corrected chi connectivity index (χ0v) is 43.0. The molecule has 332 valence electrons. The highest BCUT2D eigenvalue weighted by Gasteiger charge is 2.78. The number of imide groups is 1. The number of benzene rings is 3. The Bertz CT molecular complexity index is 2160. The van der Waals surface area contributed by atoms with Crippen molar-refractivity contribution in [1.29, 1.82) is 0 Å². The third kappa shape index (κ3) is 8.12. The fourth-order valence-corrected chi connectivity index (χ4v) is 20.3. The van der Waals surface area contributed by atoms with Crippen LogP contribution in [0.4, 0.5) is 4.79 Å². The van der Waals surface area contributed by atoms with Crippen molar-refractivity contribution in [3.8, 4) is 0 Å². The second kappa shape index (κ2) is 17.6. The van der Waals surface area contributed by atoms with Crippen LogP contribution in [0.5, 0.6) is 0 Å². The number of amides is 4. The van der Waals surface area contributed by atoms with E-state index < -0.39 is 77.8 Å². The number of nitrogens with zero attached hydrogens (tertiary/aromatic N) is 3. The Morgan fingerprint density at radius 3 is 1.75 bits per heavy atom. The maximum atomic E-state index is 16.0. The summed E-state index contributed by atoms with van der Waals surface area (Å²) in [6, 6.07) is 24.0. The van der Waals surface area contributed by atoms with Crippen LogP contribution in [0.25, 0.3) is 0 Å². The molecule has 61 heavy (non-hydrogen) atoms. The molecule has 0 bridgehead atoms. The largest absolute Gasteiger partial charge is 0.416 e. The summed E-state index contributed by atoms with van der Waals surface area (Å²) in [4.78, 5) is 49.9. The molecule has 1 spiro atoms. The molecule has 1 aliphatic carbocycles. The molecule has 6 rings (SSSR count). The molecule has 0 unspecified atom stereocenters. The number of carbonyl (C=O) groups is 3. The van der Waals surface area contributed by atoms with E-state index in [1.807, 2.05) is 67.6 Å². The fraction of sp³-hybridized carbons (Fsp3) is 0.553. The van der Waals surface area contributed by atoms with Crippen LogP contribution in [0.3, 0.4) is 0 Å². The van der Waals surface area contributed by atoms with Gasteiger partial charge in [0.15, 0.2) is 16.6 Å². The molecule has 3 aliphatic rings. The first-order valence-electron chi connectivity index (χ1n) is 21.7. The molecule has 3 fully saturated rings. The van der Waals surface area contributed by atoms with Gasteiger partial charge in [-0.05, 0) is 64.9 Å². The van der Waals surface area contributed by atoms with Crippen LogP contribution in [0, 0.1) is 24.7 Å². The van der Waals surface area contributed by atoms with Crippen molar-refractivity contribution >= 4 is 67.1 Å². The minimum absolute atomic E-state index is 0.00803. The summed E-state index contributed by atoms with van der Waals surface area (Å²) in [6.07, 6.45) is 0. The number of hydrogen-bond donors (Lipinski definition) is 0. The highest BCUT2D eigenvalue weighted by molar-refractivity contribution is 14.1. The van der Waals surface area contributed by atoms with E-state index in [1.54, 1.807) is 29.2 Å². The van der Waals surface area contributed by atoms with Crippen molar-refractivity contribution in [2.75, 3.05) is 13.2 Å². The van der Waals surface area contributed by atoms with Crippen LogP contribution in [-0.2, 0) is 41.6 Å². The van der Waals surface area contributed by atoms with Crippen LogP contribution in [0.15, 0.2) is 89.8 Å². The van der Waals surface area contributed by atoms with Gasteiger partial charge in [0.25, 0.3) is 15.9 Å². The maximum absolute atomic E-state index is 16.0. The van der Waals surface area contributed by atoms with Crippen LogP contribution >= 0.6 is 22.6 Å². The quantitative estimate of drug-likeness (QED) is 0.0645. The predicted octanol–water partition coefficient (Wildman–Crippen LogP) is 10.2.